The molecule has 0 spiro atoms. The van der Waals surface area contributed by atoms with Gasteiger partial charge in [-0.05, 0) is 49.3 Å². The SMILES string of the molecule is CCN(CC1CCC1)CC1(CS)CCC1. The second kappa shape index (κ2) is 5.09. The number of hydrogen-bond acceptors (Lipinski definition) is 2. The van der Waals surface area contributed by atoms with Crippen molar-refractivity contribution in [1.82, 2.24) is 4.90 Å². The van der Waals surface area contributed by atoms with Crippen molar-refractivity contribution in [3.05, 3.63) is 0 Å². The fraction of sp³-hybridized carbons (Fsp3) is 1.00. The van der Waals surface area contributed by atoms with E-state index in [2.05, 4.69) is 24.5 Å². The Bertz CT molecular complexity index is 191. The Balaban J connectivity index is 1.78. The largest absolute Gasteiger partial charge is 0.303 e. The lowest BCUT2D eigenvalue weighted by Gasteiger charge is -2.45. The van der Waals surface area contributed by atoms with E-state index in [4.69, 9.17) is 0 Å². The van der Waals surface area contributed by atoms with E-state index in [1.807, 2.05) is 0 Å². The van der Waals surface area contributed by atoms with Crippen molar-refractivity contribution in [2.75, 3.05) is 25.4 Å². The van der Waals surface area contributed by atoms with Crippen molar-refractivity contribution in [1.29, 1.82) is 0 Å². The highest BCUT2D eigenvalue weighted by Crippen LogP contribution is 2.42. The van der Waals surface area contributed by atoms with E-state index in [0.29, 0.717) is 5.41 Å². The van der Waals surface area contributed by atoms with E-state index in [9.17, 15) is 0 Å². The van der Waals surface area contributed by atoms with Crippen molar-refractivity contribution in [2.24, 2.45) is 11.3 Å². The molecule has 0 aromatic rings. The van der Waals surface area contributed by atoms with Crippen LogP contribution in [0, 0.1) is 11.3 Å². The first kappa shape index (κ1) is 11.8. The highest BCUT2D eigenvalue weighted by Gasteiger charge is 2.37. The summed E-state index contributed by atoms with van der Waals surface area (Å²) in [4.78, 5) is 2.68. The molecule has 2 aliphatic carbocycles. The first-order valence-corrected chi connectivity index (χ1v) is 7.24. The summed E-state index contributed by atoms with van der Waals surface area (Å²) in [6, 6.07) is 0. The van der Waals surface area contributed by atoms with Crippen molar-refractivity contribution in [3.63, 3.8) is 0 Å². The maximum atomic E-state index is 4.55. The van der Waals surface area contributed by atoms with Crippen LogP contribution in [0.2, 0.25) is 0 Å². The monoisotopic (exact) mass is 227 g/mol. The second-order valence-corrected chi connectivity index (χ2v) is 5.95. The molecule has 1 nitrogen and oxygen atoms in total. The molecule has 2 fully saturated rings. The number of thiol groups is 1. The Kier molecular flexibility index (Phi) is 4.00. The molecule has 0 unspecified atom stereocenters. The summed E-state index contributed by atoms with van der Waals surface area (Å²) in [7, 11) is 0. The summed E-state index contributed by atoms with van der Waals surface area (Å²) in [6.07, 6.45) is 8.69. The third-order valence-corrected chi connectivity index (χ3v) is 5.17. The molecule has 0 aliphatic heterocycles. The third kappa shape index (κ3) is 2.71. The molecule has 0 heterocycles. The second-order valence-electron chi connectivity index (χ2n) is 5.64. The van der Waals surface area contributed by atoms with E-state index in [-0.39, 0.29) is 0 Å². The molecule has 2 saturated carbocycles. The van der Waals surface area contributed by atoms with E-state index < -0.39 is 0 Å². The smallest absolute Gasteiger partial charge is 0.00458 e. The standard InChI is InChI=1S/C13H25NS/c1-2-14(9-12-5-3-6-12)10-13(11-15)7-4-8-13/h12,15H,2-11H2,1H3. The topological polar surface area (TPSA) is 3.24 Å². The zero-order valence-electron chi connectivity index (χ0n) is 10.0. The van der Waals surface area contributed by atoms with Crippen molar-refractivity contribution in [2.45, 2.75) is 45.4 Å². The van der Waals surface area contributed by atoms with Gasteiger partial charge in [0.15, 0.2) is 0 Å². The quantitative estimate of drug-likeness (QED) is 0.682. The zero-order valence-corrected chi connectivity index (χ0v) is 10.9. The van der Waals surface area contributed by atoms with Gasteiger partial charge in [0, 0.05) is 13.1 Å². The Morgan fingerprint density at radius 2 is 2.00 bits per heavy atom. The fourth-order valence-electron chi connectivity index (χ4n) is 2.86. The predicted octanol–water partition coefficient (Wildman–Crippen LogP) is 3.21. The molecule has 2 aliphatic rings. The van der Waals surface area contributed by atoms with Gasteiger partial charge in [0.25, 0.3) is 0 Å². The molecule has 88 valence electrons. The Morgan fingerprint density at radius 3 is 2.33 bits per heavy atom. The van der Waals surface area contributed by atoms with Crippen molar-refractivity contribution >= 4 is 12.6 Å². The Labute approximate surface area is 100 Å². The average Bonchev–Trinajstić information content (AvgIpc) is 2.13. The van der Waals surface area contributed by atoms with Crippen LogP contribution >= 0.6 is 12.6 Å². The Morgan fingerprint density at radius 1 is 1.27 bits per heavy atom. The van der Waals surface area contributed by atoms with Crippen LogP contribution in [0.4, 0.5) is 0 Å². The Hall–Kier alpha value is 0.310. The van der Waals surface area contributed by atoms with E-state index >= 15 is 0 Å². The van der Waals surface area contributed by atoms with Gasteiger partial charge in [-0.3, -0.25) is 0 Å². The molecule has 15 heavy (non-hydrogen) atoms. The molecule has 0 amide bonds. The fourth-order valence-corrected chi connectivity index (χ4v) is 3.28. The van der Waals surface area contributed by atoms with Crippen LogP contribution < -0.4 is 0 Å². The highest BCUT2D eigenvalue weighted by atomic mass is 32.1. The van der Waals surface area contributed by atoms with Crippen LogP contribution in [-0.2, 0) is 0 Å². The minimum Gasteiger partial charge on any atom is -0.303 e. The highest BCUT2D eigenvalue weighted by molar-refractivity contribution is 7.80. The van der Waals surface area contributed by atoms with Gasteiger partial charge in [-0.25, -0.2) is 0 Å². The van der Waals surface area contributed by atoms with Crippen molar-refractivity contribution in [3.8, 4) is 0 Å². The average molecular weight is 227 g/mol. The predicted molar refractivity (Wildman–Crippen MR) is 69.6 cm³/mol. The molecule has 0 atom stereocenters. The van der Waals surface area contributed by atoms with Gasteiger partial charge >= 0.3 is 0 Å². The van der Waals surface area contributed by atoms with Gasteiger partial charge < -0.3 is 4.90 Å². The first-order chi connectivity index (χ1) is 7.28. The van der Waals surface area contributed by atoms with Crippen LogP contribution in [0.1, 0.15) is 45.4 Å². The van der Waals surface area contributed by atoms with Gasteiger partial charge in [-0.15, -0.1) is 0 Å². The maximum Gasteiger partial charge on any atom is 0.00458 e. The van der Waals surface area contributed by atoms with Crippen LogP contribution in [0.15, 0.2) is 0 Å². The lowest BCUT2D eigenvalue weighted by Crippen LogP contribution is -2.45. The maximum absolute atomic E-state index is 4.55. The summed E-state index contributed by atoms with van der Waals surface area (Å²) in [5.41, 5.74) is 0.586. The molecule has 2 heteroatoms. The minimum absolute atomic E-state index is 0.586. The molecule has 0 N–H and O–H groups in total. The summed E-state index contributed by atoms with van der Waals surface area (Å²) >= 11 is 4.55. The molecule has 0 aromatic carbocycles. The lowest BCUT2D eigenvalue weighted by atomic mass is 9.69. The van der Waals surface area contributed by atoms with Crippen molar-refractivity contribution < 1.29 is 0 Å². The molecule has 2 rings (SSSR count). The van der Waals surface area contributed by atoms with Gasteiger partial charge in [0.1, 0.15) is 0 Å². The summed E-state index contributed by atoms with van der Waals surface area (Å²) in [6.45, 7) is 6.20. The van der Waals surface area contributed by atoms with Crippen LogP contribution in [0.5, 0.6) is 0 Å². The van der Waals surface area contributed by atoms with Gasteiger partial charge in [-0.2, -0.15) is 12.6 Å². The summed E-state index contributed by atoms with van der Waals surface area (Å²) < 4.78 is 0. The summed E-state index contributed by atoms with van der Waals surface area (Å²) in [5.74, 6) is 2.11. The van der Waals surface area contributed by atoms with Crippen LogP contribution in [0.25, 0.3) is 0 Å². The van der Waals surface area contributed by atoms with E-state index in [0.717, 1.165) is 11.7 Å². The van der Waals surface area contributed by atoms with E-state index in [1.165, 1.54) is 58.2 Å². The molecule has 0 bridgehead atoms. The minimum atomic E-state index is 0.586. The molecule has 0 saturated heterocycles. The molecular weight excluding hydrogens is 202 g/mol. The lowest BCUT2D eigenvalue weighted by molar-refractivity contribution is 0.0731. The zero-order chi connectivity index (χ0) is 10.7. The number of rotatable bonds is 6. The molecule has 0 aromatic heterocycles. The molecular formula is C13H25NS. The number of hydrogen-bond donors (Lipinski definition) is 1. The van der Waals surface area contributed by atoms with Gasteiger partial charge in [-0.1, -0.05) is 19.8 Å². The first-order valence-electron chi connectivity index (χ1n) is 6.61. The molecule has 0 radical (unpaired) electrons. The number of nitrogens with zero attached hydrogens (tertiary/aromatic N) is 1. The van der Waals surface area contributed by atoms with Gasteiger partial charge in [0.2, 0.25) is 0 Å². The normalized spacial score (nSPS) is 25.0. The van der Waals surface area contributed by atoms with Crippen LogP contribution in [0.3, 0.4) is 0 Å². The van der Waals surface area contributed by atoms with Gasteiger partial charge in [0.05, 0.1) is 0 Å². The van der Waals surface area contributed by atoms with E-state index in [1.54, 1.807) is 0 Å². The van der Waals surface area contributed by atoms with Crippen LogP contribution in [-0.4, -0.2) is 30.3 Å². The third-order valence-electron chi connectivity index (χ3n) is 4.50. The summed E-state index contributed by atoms with van der Waals surface area (Å²) in [5, 5.41) is 0.